The Labute approximate surface area is 227 Å². The zero-order valence-corrected chi connectivity index (χ0v) is 21.9. The maximum Gasteiger partial charge on any atom is 0.305 e. The highest BCUT2D eigenvalue weighted by atomic mass is 18.2. The number of carbonyl (C=O) groups is 3. The molecule has 39 heavy (non-hydrogen) atoms. The Morgan fingerprint density at radius 3 is 2.72 bits per heavy atom. The van der Waals surface area contributed by atoms with Gasteiger partial charge in [-0.2, -0.15) is 5.26 Å². The number of nitrogens with zero attached hydrogens (tertiary/aromatic N) is 3. The number of halogens is 1. The number of hydrogen-bond acceptors (Lipinski definition) is 6. The maximum atomic E-state index is 13.8. The molecule has 3 heterocycles. The normalized spacial score (nSPS) is 18.7. The molecule has 3 N–H and O–H groups in total. The number of piperidine rings is 2. The van der Waals surface area contributed by atoms with E-state index in [1.165, 1.54) is 30.6 Å². The summed E-state index contributed by atoms with van der Waals surface area (Å²) < 4.78 is 13.8. The minimum atomic E-state index is -1.09. The highest BCUT2D eigenvalue weighted by Crippen LogP contribution is 2.27. The van der Waals surface area contributed by atoms with Crippen molar-refractivity contribution in [2.45, 2.75) is 51.0 Å². The number of likely N-dealkylation sites (tertiary alicyclic amines) is 1. The molecule has 0 aliphatic carbocycles. The first-order valence-electron chi connectivity index (χ1n) is 13.5. The second-order valence-corrected chi connectivity index (χ2v) is 10.4. The van der Waals surface area contributed by atoms with Gasteiger partial charge in [0.1, 0.15) is 11.9 Å². The van der Waals surface area contributed by atoms with Gasteiger partial charge in [0, 0.05) is 37.5 Å². The molecule has 0 bridgehead atoms. The Kier molecular flexibility index (Phi) is 9.60. The van der Waals surface area contributed by atoms with Crippen molar-refractivity contribution >= 4 is 17.8 Å². The molecule has 0 spiro atoms. The Balaban J connectivity index is 1.42. The molecule has 1 aromatic heterocycles. The molecule has 10 heteroatoms. The minimum absolute atomic E-state index is 0.0704. The molecular weight excluding hydrogens is 500 g/mol. The van der Waals surface area contributed by atoms with Crippen LogP contribution in [0.1, 0.15) is 62.1 Å². The van der Waals surface area contributed by atoms with E-state index >= 15 is 0 Å². The third-order valence-corrected chi connectivity index (χ3v) is 7.65. The Morgan fingerprint density at radius 1 is 1.18 bits per heavy atom. The van der Waals surface area contributed by atoms with Crippen LogP contribution in [0.15, 0.2) is 36.7 Å². The molecule has 2 fully saturated rings. The largest absolute Gasteiger partial charge is 0.481 e. The monoisotopic (exact) mass is 534 g/mol. The summed E-state index contributed by atoms with van der Waals surface area (Å²) >= 11 is 0. The SMILES string of the molecule is N#Cc1cc(-c2cncc([C@H](CC(=O)O)NC(=O)[C@@H]3CCCN(C(=O)CCC4CCNCC4)C3)c2)ccc1[18F]. The van der Waals surface area contributed by atoms with Crippen LogP contribution < -0.4 is 10.6 Å². The van der Waals surface area contributed by atoms with Gasteiger partial charge >= 0.3 is 5.97 Å². The number of carboxylic acid groups (broad SMARTS) is 1. The summed E-state index contributed by atoms with van der Waals surface area (Å²) in [6, 6.07) is 6.76. The fraction of sp³-hybridized carbons (Fsp3) is 0.483. The fourth-order valence-corrected chi connectivity index (χ4v) is 5.39. The van der Waals surface area contributed by atoms with Gasteiger partial charge in [-0.25, -0.2) is 4.39 Å². The van der Waals surface area contributed by atoms with Gasteiger partial charge in [0.15, 0.2) is 0 Å². The van der Waals surface area contributed by atoms with Crippen molar-refractivity contribution in [1.29, 1.82) is 5.26 Å². The van der Waals surface area contributed by atoms with E-state index in [0.29, 0.717) is 55.0 Å². The van der Waals surface area contributed by atoms with Crippen molar-refractivity contribution < 1.29 is 23.9 Å². The summed E-state index contributed by atoms with van der Waals surface area (Å²) in [6.07, 6.45) is 7.51. The van der Waals surface area contributed by atoms with Crippen LogP contribution in [0.4, 0.5) is 4.39 Å². The van der Waals surface area contributed by atoms with Crippen molar-refractivity contribution in [2.75, 3.05) is 26.2 Å². The van der Waals surface area contributed by atoms with Gasteiger partial charge in [0.25, 0.3) is 0 Å². The third kappa shape index (κ3) is 7.60. The number of carbonyl (C=O) groups excluding carboxylic acids is 2. The topological polar surface area (TPSA) is 135 Å². The molecule has 2 amide bonds. The highest BCUT2D eigenvalue weighted by molar-refractivity contribution is 5.82. The minimum Gasteiger partial charge on any atom is -0.481 e. The number of nitriles is 1. The Morgan fingerprint density at radius 2 is 1.97 bits per heavy atom. The van der Waals surface area contributed by atoms with Crippen LogP contribution in [0.25, 0.3) is 11.1 Å². The Bertz CT molecular complexity index is 1240. The lowest BCUT2D eigenvalue weighted by Crippen LogP contribution is -2.46. The van der Waals surface area contributed by atoms with E-state index in [4.69, 9.17) is 5.26 Å². The van der Waals surface area contributed by atoms with E-state index in [1.54, 1.807) is 17.0 Å². The molecule has 206 valence electrons. The average molecular weight is 535 g/mol. The van der Waals surface area contributed by atoms with Crippen LogP contribution in [-0.2, 0) is 14.4 Å². The first kappa shape index (κ1) is 28.2. The van der Waals surface area contributed by atoms with Gasteiger partial charge in [-0.1, -0.05) is 6.07 Å². The Hall–Kier alpha value is -3.84. The number of amides is 2. The number of pyridine rings is 1. The lowest BCUT2D eigenvalue weighted by Gasteiger charge is -2.33. The fourth-order valence-electron chi connectivity index (χ4n) is 5.39. The maximum absolute atomic E-state index is 13.8. The van der Waals surface area contributed by atoms with Gasteiger partial charge in [-0.15, -0.1) is 0 Å². The summed E-state index contributed by atoms with van der Waals surface area (Å²) in [7, 11) is 0. The van der Waals surface area contributed by atoms with Crippen LogP contribution in [0.5, 0.6) is 0 Å². The summed E-state index contributed by atoms with van der Waals surface area (Å²) in [5, 5.41) is 24.9. The molecule has 0 saturated carbocycles. The number of aromatic nitrogens is 1. The molecular formula is C29H34FN5O4. The second kappa shape index (κ2) is 13.3. The average Bonchev–Trinajstić information content (AvgIpc) is 2.96. The van der Waals surface area contributed by atoms with E-state index in [9.17, 15) is 23.9 Å². The molecule has 2 saturated heterocycles. The van der Waals surface area contributed by atoms with Gasteiger partial charge in [0.05, 0.1) is 23.9 Å². The van der Waals surface area contributed by atoms with E-state index in [0.717, 1.165) is 32.4 Å². The quantitative estimate of drug-likeness (QED) is 0.449. The predicted molar refractivity (Wildman–Crippen MR) is 142 cm³/mol. The van der Waals surface area contributed by atoms with Crippen LogP contribution in [0.3, 0.4) is 0 Å². The summed E-state index contributed by atoms with van der Waals surface area (Å²) in [6.45, 7) is 2.93. The van der Waals surface area contributed by atoms with Crippen molar-refractivity contribution in [3.63, 3.8) is 0 Å². The molecule has 2 aliphatic rings. The molecule has 9 nitrogen and oxygen atoms in total. The van der Waals surface area contributed by atoms with E-state index in [-0.39, 0.29) is 23.8 Å². The van der Waals surface area contributed by atoms with Crippen LogP contribution in [0.2, 0.25) is 0 Å². The third-order valence-electron chi connectivity index (χ3n) is 7.65. The number of aliphatic carboxylic acids is 1. The van der Waals surface area contributed by atoms with Gasteiger partial charge in [-0.05, 0) is 80.4 Å². The summed E-state index contributed by atoms with van der Waals surface area (Å²) in [5.74, 6) is -1.81. The van der Waals surface area contributed by atoms with Crippen molar-refractivity contribution in [2.24, 2.45) is 11.8 Å². The van der Waals surface area contributed by atoms with Crippen LogP contribution in [-0.4, -0.2) is 59.0 Å². The smallest absolute Gasteiger partial charge is 0.305 e. The van der Waals surface area contributed by atoms with Crippen LogP contribution >= 0.6 is 0 Å². The van der Waals surface area contributed by atoms with E-state index in [2.05, 4.69) is 15.6 Å². The van der Waals surface area contributed by atoms with E-state index < -0.39 is 23.7 Å². The first-order valence-corrected chi connectivity index (χ1v) is 13.5. The molecule has 1 aromatic carbocycles. The van der Waals surface area contributed by atoms with Gasteiger partial charge in [0.2, 0.25) is 11.8 Å². The van der Waals surface area contributed by atoms with Crippen molar-refractivity contribution in [3.05, 3.63) is 53.6 Å². The standard InChI is InChI=1S/C29H34FN5O4/c30-25-5-4-20(12-22(25)15-31)23-13-24(17-33-16-23)26(14-28(37)38)34-29(39)21-2-1-11-35(18-21)27(36)6-3-19-7-9-32-10-8-19/h4-5,12-13,16-17,19,21,26,32H,1-3,6-11,14,18H2,(H,34,39)(H,37,38)/t21-,26+/m1/s1/i30-1. The number of hydrogen-bond donors (Lipinski definition) is 3. The summed E-state index contributed by atoms with van der Waals surface area (Å²) in [4.78, 5) is 43.8. The number of nitrogens with one attached hydrogen (secondary N) is 2. The molecule has 2 atom stereocenters. The highest BCUT2D eigenvalue weighted by Gasteiger charge is 2.31. The zero-order valence-electron chi connectivity index (χ0n) is 21.9. The number of rotatable bonds is 9. The van der Waals surface area contributed by atoms with Crippen LogP contribution in [0, 0.1) is 29.0 Å². The predicted octanol–water partition coefficient (Wildman–Crippen LogP) is 3.41. The molecule has 0 radical (unpaired) electrons. The second-order valence-electron chi connectivity index (χ2n) is 10.4. The lowest BCUT2D eigenvalue weighted by molar-refractivity contribution is -0.138. The molecule has 4 rings (SSSR count). The lowest BCUT2D eigenvalue weighted by atomic mass is 9.92. The van der Waals surface area contributed by atoms with E-state index in [1.807, 2.05) is 0 Å². The zero-order chi connectivity index (χ0) is 27.8. The number of benzene rings is 1. The number of carboxylic acids is 1. The first-order chi connectivity index (χ1) is 18.8. The van der Waals surface area contributed by atoms with Crippen molar-refractivity contribution in [3.8, 4) is 17.2 Å². The molecule has 0 unspecified atom stereocenters. The van der Waals surface area contributed by atoms with Crippen molar-refractivity contribution in [1.82, 2.24) is 20.5 Å². The molecule has 2 aliphatic heterocycles. The van der Waals surface area contributed by atoms with Gasteiger partial charge in [-0.3, -0.25) is 19.4 Å². The summed E-state index contributed by atoms with van der Waals surface area (Å²) in [5.41, 5.74) is 1.49. The molecule has 2 aromatic rings. The van der Waals surface area contributed by atoms with Gasteiger partial charge < -0.3 is 20.6 Å².